The molecule has 0 aliphatic rings. The largest absolute Gasteiger partial charge is 0.493 e. The highest BCUT2D eigenvalue weighted by Gasteiger charge is 2.16. The number of para-hydroxylation sites is 2. The van der Waals surface area contributed by atoms with Crippen LogP contribution in [0.15, 0.2) is 42.5 Å². The second-order valence-corrected chi connectivity index (χ2v) is 7.98. The molecule has 0 spiro atoms. The predicted octanol–water partition coefficient (Wildman–Crippen LogP) is 4.43. The van der Waals surface area contributed by atoms with Crippen LogP contribution in [0.2, 0.25) is 0 Å². The summed E-state index contributed by atoms with van der Waals surface area (Å²) < 4.78 is 13.6. The van der Waals surface area contributed by atoms with Crippen molar-refractivity contribution in [2.75, 3.05) is 19.0 Å². The lowest BCUT2D eigenvalue weighted by molar-refractivity contribution is -0.118. The molecule has 0 saturated carbocycles. The molecule has 0 aliphatic heterocycles. The number of hydrogen-bond donors (Lipinski definition) is 1. The van der Waals surface area contributed by atoms with E-state index in [2.05, 4.69) is 36.4 Å². The first-order valence-corrected chi connectivity index (χ1v) is 10.3. The van der Waals surface area contributed by atoms with Crippen molar-refractivity contribution in [1.82, 2.24) is 14.8 Å². The van der Waals surface area contributed by atoms with Crippen LogP contribution in [0, 0.1) is 20.8 Å². The molecule has 0 unspecified atom stereocenters. The van der Waals surface area contributed by atoms with Crippen LogP contribution >= 0.6 is 11.3 Å². The minimum absolute atomic E-state index is 0.150. The lowest BCUT2D eigenvalue weighted by atomic mass is 10.1. The molecule has 8 heteroatoms. The molecule has 0 aliphatic carbocycles. The van der Waals surface area contributed by atoms with Crippen LogP contribution in [0.1, 0.15) is 16.8 Å². The zero-order valence-electron chi connectivity index (χ0n) is 17.2. The first kappa shape index (κ1) is 19.9. The fourth-order valence-corrected chi connectivity index (χ4v) is 4.06. The molecule has 2 heterocycles. The zero-order valence-corrected chi connectivity index (χ0v) is 18.0. The topological polar surface area (TPSA) is 78.3 Å². The molecule has 4 rings (SSSR count). The number of anilines is 1. The Bertz CT molecular complexity index is 1190. The molecule has 0 radical (unpaired) electrons. The first-order chi connectivity index (χ1) is 14.4. The molecule has 1 amide bonds. The number of carbonyl (C=O) groups excluding carboxylic acids is 1. The standard InChI is InChI=1S/C22H22N4O3S/c1-13-9-16-19(10-14(13)2)30-22(23-16)26-20(11-15(3)25-26)24-21(27)12-29-18-8-6-5-7-17(18)28-4/h5-11H,12H2,1-4H3,(H,24,27). The van der Waals surface area contributed by atoms with Gasteiger partial charge in [-0.15, -0.1) is 0 Å². The number of methoxy groups -OCH3 is 1. The molecular weight excluding hydrogens is 400 g/mol. The maximum atomic E-state index is 12.5. The van der Waals surface area contributed by atoms with E-state index in [4.69, 9.17) is 14.5 Å². The first-order valence-electron chi connectivity index (χ1n) is 9.45. The average Bonchev–Trinajstić information content (AvgIpc) is 3.29. The third-order valence-corrected chi connectivity index (χ3v) is 5.69. The quantitative estimate of drug-likeness (QED) is 0.497. The zero-order chi connectivity index (χ0) is 21.3. The maximum absolute atomic E-state index is 12.5. The van der Waals surface area contributed by atoms with Gasteiger partial charge in [0.1, 0.15) is 5.82 Å². The smallest absolute Gasteiger partial charge is 0.263 e. The Kier molecular flexibility index (Phi) is 5.41. The molecule has 2 aromatic carbocycles. The highest BCUT2D eigenvalue weighted by atomic mass is 32.1. The summed E-state index contributed by atoms with van der Waals surface area (Å²) in [6.07, 6.45) is 0. The van der Waals surface area contributed by atoms with Crippen molar-refractivity contribution >= 4 is 33.3 Å². The lowest BCUT2D eigenvalue weighted by Gasteiger charge is -2.10. The summed E-state index contributed by atoms with van der Waals surface area (Å²) in [6.45, 7) is 5.88. The van der Waals surface area contributed by atoms with Gasteiger partial charge in [0.25, 0.3) is 5.91 Å². The summed E-state index contributed by atoms with van der Waals surface area (Å²) in [5.41, 5.74) is 4.11. The molecule has 0 fully saturated rings. The number of ether oxygens (including phenoxy) is 2. The van der Waals surface area contributed by atoms with E-state index in [9.17, 15) is 4.79 Å². The van der Waals surface area contributed by atoms with E-state index < -0.39 is 0 Å². The fourth-order valence-electron chi connectivity index (χ4n) is 3.05. The van der Waals surface area contributed by atoms with Crippen molar-refractivity contribution in [2.24, 2.45) is 0 Å². The molecule has 154 valence electrons. The molecule has 0 saturated heterocycles. The van der Waals surface area contributed by atoms with Crippen LogP contribution in [0.5, 0.6) is 11.5 Å². The second kappa shape index (κ2) is 8.16. The molecule has 0 bridgehead atoms. The SMILES string of the molecule is COc1ccccc1OCC(=O)Nc1cc(C)nn1-c1nc2cc(C)c(C)cc2s1. The van der Waals surface area contributed by atoms with Crippen molar-refractivity contribution in [1.29, 1.82) is 0 Å². The van der Waals surface area contributed by atoms with Crippen LogP contribution in [0.25, 0.3) is 15.3 Å². The van der Waals surface area contributed by atoms with Crippen molar-refractivity contribution in [3.8, 4) is 16.6 Å². The number of benzene rings is 2. The van der Waals surface area contributed by atoms with Gasteiger partial charge in [-0.3, -0.25) is 4.79 Å². The number of carbonyl (C=O) groups is 1. The molecule has 0 atom stereocenters. The van der Waals surface area contributed by atoms with Gasteiger partial charge < -0.3 is 14.8 Å². The van der Waals surface area contributed by atoms with Crippen LogP contribution in [0.3, 0.4) is 0 Å². The highest BCUT2D eigenvalue weighted by Crippen LogP contribution is 2.29. The van der Waals surface area contributed by atoms with Gasteiger partial charge in [0.05, 0.1) is 23.0 Å². The number of aromatic nitrogens is 3. The minimum Gasteiger partial charge on any atom is -0.493 e. The monoisotopic (exact) mass is 422 g/mol. The number of rotatable bonds is 6. The number of hydrogen-bond acceptors (Lipinski definition) is 6. The molecule has 30 heavy (non-hydrogen) atoms. The molecule has 2 aromatic heterocycles. The number of aryl methyl sites for hydroxylation is 3. The minimum atomic E-state index is -0.296. The third kappa shape index (κ3) is 3.99. The van der Waals surface area contributed by atoms with Gasteiger partial charge in [0, 0.05) is 6.07 Å². The van der Waals surface area contributed by atoms with E-state index in [1.807, 2.05) is 25.1 Å². The number of amides is 1. The maximum Gasteiger partial charge on any atom is 0.263 e. The Morgan fingerprint density at radius 3 is 2.60 bits per heavy atom. The average molecular weight is 423 g/mol. The van der Waals surface area contributed by atoms with E-state index in [1.54, 1.807) is 23.9 Å². The summed E-state index contributed by atoms with van der Waals surface area (Å²) in [5, 5.41) is 8.07. The second-order valence-electron chi connectivity index (χ2n) is 6.97. The summed E-state index contributed by atoms with van der Waals surface area (Å²) in [5.74, 6) is 1.34. The Morgan fingerprint density at radius 2 is 1.83 bits per heavy atom. The van der Waals surface area contributed by atoms with Crippen molar-refractivity contribution < 1.29 is 14.3 Å². The van der Waals surface area contributed by atoms with E-state index in [-0.39, 0.29) is 12.5 Å². The van der Waals surface area contributed by atoms with Gasteiger partial charge in [-0.25, -0.2) is 4.98 Å². The third-order valence-electron chi connectivity index (χ3n) is 4.70. The van der Waals surface area contributed by atoms with Crippen LogP contribution < -0.4 is 14.8 Å². The number of fused-ring (bicyclic) bond motifs is 1. The molecule has 4 aromatic rings. The Balaban J connectivity index is 1.54. The number of nitrogens with one attached hydrogen (secondary N) is 1. The van der Waals surface area contributed by atoms with Crippen LogP contribution in [-0.2, 0) is 4.79 Å². The highest BCUT2D eigenvalue weighted by molar-refractivity contribution is 7.20. The Hall–Kier alpha value is -3.39. The Morgan fingerprint density at radius 1 is 1.10 bits per heavy atom. The van der Waals surface area contributed by atoms with Crippen LogP contribution in [-0.4, -0.2) is 34.4 Å². The van der Waals surface area contributed by atoms with Crippen molar-refractivity contribution in [3.05, 3.63) is 59.3 Å². The van der Waals surface area contributed by atoms with Crippen molar-refractivity contribution in [3.63, 3.8) is 0 Å². The normalized spacial score (nSPS) is 10.9. The van der Waals surface area contributed by atoms with E-state index >= 15 is 0 Å². The van der Waals surface area contributed by atoms with E-state index in [1.165, 1.54) is 22.5 Å². The van der Waals surface area contributed by atoms with Gasteiger partial charge in [0.15, 0.2) is 18.1 Å². The molecule has 7 nitrogen and oxygen atoms in total. The van der Waals surface area contributed by atoms with Gasteiger partial charge in [-0.2, -0.15) is 9.78 Å². The number of thiazole rings is 1. The van der Waals surface area contributed by atoms with E-state index in [0.717, 1.165) is 15.9 Å². The van der Waals surface area contributed by atoms with Gasteiger partial charge in [-0.05, 0) is 56.2 Å². The fraction of sp³-hybridized carbons (Fsp3) is 0.227. The number of nitrogens with zero attached hydrogens (tertiary/aromatic N) is 3. The van der Waals surface area contributed by atoms with Crippen molar-refractivity contribution in [2.45, 2.75) is 20.8 Å². The van der Waals surface area contributed by atoms with Crippen LogP contribution in [0.4, 0.5) is 5.82 Å². The summed E-state index contributed by atoms with van der Waals surface area (Å²) in [6, 6.07) is 13.2. The summed E-state index contributed by atoms with van der Waals surface area (Å²) in [4.78, 5) is 17.2. The molecule has 1 N–H and O–H groups in total. The van der Waals surface area contributed by atoms with Gasteiger partial charge >= 0.3 is 0 Å². The van der Waals surface area contributed by atoms with Gasteiger partial charge in [0.2, 0.25) is 5.13 Å². The molecular formula is C22H22N4O3S. The Labute approximate surface area is 178 Å². The lowest BCUT2D eigenvalue weighted by Crippen LogP contribution is -2.22. The van der Waals surface area contributed by atoms with Gasteiger partial charge in [-0.1, -0.05) is 23.5 Å². The summed E-state index contributed by atoms with van der Waals surface area (Å²) >= 11 is 1.53. The summed E-state index contributed by atoms with van der Waals surface area (Å²) in [7, 11) is 1.56. The van der Waals surface area contributed by atoms with E-state index in [0.29, 0.717) is 22.4 Å². The predicted molar refractivity (Wildman–Crippen MR) is 118 cm³/mol.